The van der Waals surface area contributed by atoms with E-state index in [1.54, 1.807) is 0 Å². The molecule has 0 amide bonds. The number of nitrogens with zero attached hydrogens (tertiary/aromatic N) is 1. The Morgan fingerprint density at radius 3 is 2.17 bits per heavy atom. The van der Waals surface area contributed by atoms with Crippen molar-refractivity contribution in [3.8, 4) is 0 Å². The van der Waals surface area contributed by atoms with Gasteiger partial charge in [0.1, 0.15) is 0 Å². The van der Waals surface area contributed by atoms with Crippen molar-refractivity contribution < 1.29 is 13.5 Å². The molecule has 0 aromatic heterocycles. The van der Waals surface area contributed by atoms with Crippen LogP contribution < -0.4 is 0 Å². The number of sulfonamides is 1. The molecule has 0 aliphatic carbocycles. The standard InChI is InChI=1S/C13H19NO3S/c1-9-4-10(2)13(11(3)5-9)18(16,17)14-6-12(7-14)8-15/h4-5,12,15H,6-8H2,1-3H3. The lowest BCUT2D eigenvalue weighted by molar-refractivity contribution is 0.117. The van der Waals surface area contributed by atoms with Crippen molar-refractivity contribution in [1.82, 2.24) is 4.31 Å². The third kappa shape index (κ3) is 2.18. The minimum Gasteiger partial charge on any atom is -0.396 e. The van der Waals surface area contributed by atoms with Crippen LogP contribution in [0.15, 0.2) is 17.0 Å². The molecule has 100 valence electrons. The van der Waals surface area contributed by atoms with Gasteiger partial charge in [-0.1, -0.05) is 17.7 Å². The third-order valence-corrected chi connectivity index (χ3v) is 5.52. The molecule has 1 fully saturated rings. The average molecular weight is 269 g/mol. The van der Waals surface area contributed by atoms with Gasteiger partial charge in [-0.25, -0.2) is 8.42 Å². The van der Waals surface area contributed by atoms with Crippen LogP contribution >= 0.6 is 0 Å². The van der Waals surface area contributed by atoms with Gasteiger partial charge in [0, 0.05) is 25.6 Å². The van der Waals surface area contributed by atoms with Crippen LogP contribution in [0.1, 0.15) is 16.7 Å². The van der Waals surface area contributed by atoms with Crippen LogP contribution in [0.25, 0.3) is 0 Å². The van der Waals surface area contributed by atoms with Crippen LogP contribution in [0.4, 0.5) is 0 Å². The molecule has 5 heteroatoms. The number of aliphatic hydroxyl groups excluding tert-OH is 1. The fraction of sp³-hybridized carbons (Fsp3) is 0.538. The maximum Gasteiger partial charge on any atom is 0.243 e. The maximum absolute atomic E-state index is 12.5. The van der Waals surface area contributed by atoms with Gasteiger partial charge >= 0.3 is 0 Å². The number of hydrogen-bond acceptors (Lipinski definition) is 3. The van der Waals surface area contributed by atoms with Gasteiger partial charge < -0.3 is 5.11 Å². The second-order valence-corrected chi connectivity index (χ2v) is 6.97. The molecule has 0 spiro atoms. The predicted octanol–water partition coefficient (Wildman–Crippen LogP) is 1.22. The molecule has 0 unspecified atom stereocenters. The van der Waals surface area contributed by atoms with Crippen LogP contribution in [0.3, 0.4) is 0 Å². The van der Waals surface area contributed by atoms with Gasteiger partial charge in [0.15, 0.2) is 0 Å². The van der Waals surface area contributed by atoms with E-state index in [4.69, 9.17) is 5.11 Å². The molecule has 1 saturated heterocycles. The molecule has 18 heavy (non-hydrogen) atoms. The number of hydrogen-bond donors (Lipinski definition) is 1. The van der Waals surface area contributed by atoms with E-state index in [0.717, 1.165) is 16.7 Å². The van der Waals surface area contributed by atoms with Gasteiger partial charge in [-0.15, -0.1) is 0 Å². The zero-order chi connectivity index (χ0) is 13.5. The Balaban J connectivity index is 2.37. The lowest BCUT2D eigenvalue weighted by Crippen LogP contribution is -2.51. The molecule has 1 N–H and O–H groups in total. The zero-order valence-corrected chi connectivity index (χ0v) is 11.8. The van der Waals surface area contributed by atoms with E-state index in [1.165, 1.54) is 4.31 Å². The van der Waals surface area contributed by atoms with Crippen LogP contribution in [-0.4, -0.2) is 37.5 Å². The first-order valence-electron chi connectivity index (χ1n) is 6.05. The topological polar surface area (TPSA) is 57.6 Å². The van der Waals surface area contributed by atoms with Crippen molar-refractivity contribution >= 4 is 10.0 Å². The normalized spacial score (nSPS) is 17.8. The lowest BCUT2D eigenvalue weighted by Gasteiger charge is -2.37. The highest BCUT2D eigenvalue weighted by atomic mass is 32.2. The number of aryl methyl sites for hydroxylation is 3. The second-order valence-electron chi connectivity index (χ2n) is 5.10. The SMILES string of the molecule is Cc1cc(C)c(S(=O)(=O)N2CC(CO)C2)c(C)c1. The van der Waals surface area contributed by atoms with Crippen molar-refractivity contribution in [2.75, 3.05) is 19.7 Å². The molecule has 1 heterocycles. The summed E-state index contributed by atoms with van der Waals surface area (Å²) in [6.45, 7) is 6.52. The molecular formula is C13H19NO3S. The first-order valence-corrected chi connectivity index (χ1v) is 7.49. The summed E-state index contributed by atoms with van der Waals surface area (Å²) in [4.78, 5) is 0.421. The van der Waals surface area contributed by atoms with E-state index >= 15 is 0 Å². The summed E-state index contributed by atoms with van der Waals surface area (Å²) in [5.41, 5.74) is 2.65. The fourth-order valence-electron chi connectivity index (χ4n) is 2.54. The van der Waals surface area contributed by atoms with Crippen molar-refractivity contribution in [3.05, 3.63) is 28.8 Å². The summed E-state index contributed by atoms with van der Waals surface area (Å²) in [5.74, 6) is 0.0887. The smallest absolute Gasteiger partial charge is 0.243 e. The van der Waals surface area contributed by atoms with Crippen molar-refractivity contribution in [3.63, 3.8) is 0 Å². The molecule has 2 rings (SSSR count). The summed E-state index contributed by atoms with van der Waals surface area (Å²) in [5, 5.41) is 8.96. The number of aliphatic hydroxyl groups is 1. The van der Waals surface area contributed by atoms with E-state index in [-0.39, 0.29) is 12.5 Å². The van der Waals surface area contributed by atoms with Crippen molar-refractivity contribution in [2.45, 2.75) is 25.7 Å². The molecule has 1 aliphatic rings. The molecule has 0 bridgehead atoms. The maximum atomic E-state index is 12.5. The predicted molar refractivity (Wildman–Crippen MR) is 70.0 cm³/mol. The molecule has 4 nitrogen and oxygen atoms in total. The third-order valence-electron chi connectivity index (χ3n) is 3.38. The highest BCUT2D eigenvalue weighted by Gasteiger charge is 2.37. The quantitative estimate of drug-likeness (QED) is 0.897. The van der Waals surface area contributed by atoms with Gasteiger partial charge in [0.05, 0.1) is 4.90 Å². The monoisotopic (exact) mass is 269 g/mol. The summed E-state index contributed by atoms with van der Waals surface area (Å²) in [7, 11) is -3.40. The second kappa shape index (κ2) is 4.64. The van der Waals surface area contributed by atoms with E-state index in [1.807, 2.05) is 32.9 Å². The largest absolute Gasteiger partial charge is 0.396 e. The van der Waals surface area contributed by atoms with Crippen LogP contribution in [-0.2, 0) is 10.0 Å². The van der Waals surface area contributed by atoms with E-state index in [9.17, 15) is 8.42 Å². The minimum absolute atomic E-state index is 0.0535. The summed E-state index contributed by atoms with van der Waals surface area (Å²) >= 11 is 0. The number of benzene rings is 1. The van der Waals surface area contributed by atoms with Crippen molar-refractivity contribution in [1.29, 1.82) is 0 Å². The molecule has 0 saturated carbocycles. The molecule has 1 aromatic rings. The Morgan fingerprint density at radius 1 is 1.22 bits per heavy atom. The van der Waals surface area contributed by atoms with Crippen LogP contribution in [0.5, 0.6) is 0 Å². The van der Waals surface area contributed by atoms with Gasteiger partial charge in [0.25, 0.3) is 0 Å². The van der Waals surface area contributed by atoms with Crippen LogP contribution in [0, 0.1) is 26.7 Å². The summed E-state index contributed by atoms with van der Waals surface area (Å²) in [6.07, 6.45) is 0. The zero-order valence-electron chi connectivity index (χ0n) is 11.0. The van der Waals surface area contributed by atoms with Gasteiger partial charge in [0.2, 0.25) is 10.0 Å². The summed E-state index contributed by atoms with van der Waals surface area (Å²) < 4.78 is 26.4. The molecule has 1 aromatic carbocycles. The average Bonchev–Trinajstić information content (AvgIpc) is 2.12. The molecule has 0 radical (unpaired) electrons. The van der Waals surface area contributed by atoms with Crippen molar-refractivity contribution in [2.24, 2.45) is 5.92 Å². The first-order chi connectivity index (χ1) is 8.36. The first kappa shape index (κ1) is 13.5. The Bertz CT molecular complexity index is 537. The van der Waals surface area contributed by atoms with Gasteiger partial charge in [-0.3, -0.25) is 0 Å². The van der Waals surface area contributed by atoms with E-state index in [2.05, 4.69) is 0 Å². The lowest BCUT2D eigenvalue weighted by atomic mass is 10.1. The Kier molecular flexibility index (Phi) is 3.49. The molecule has 0 atom stereocenters. The fourth-order valence-corrected chi connectivity index (χ4v) is 4.54. The Labute approximate surface area is 108 Å². The number of rotatable bonds is 3. The minimum atomic E-state index is -3.40. The van der Waals surface area contributed by atoms with E-state index < -0.39 is 10.0 Å². The molecular weight excluding hydrogens is 250 g/mol. The molecule has 1 aliphatic heterocycles. The highest BCUT2D eigenvalue weighted by Crippen LogP contribution is 2.29. The Morgan fingerprint density at radius 2 is 1.72 bits per heavy atom. The van der Waals surface area contributed by atoms with Crippen LogP contribution in [0.2, 0.25) is 0 Å². The van der Waals surface area contributed by atoms with Gasteiger partial charge in [-0.2, -0.15) is 4.31 Å². The van der Waals surface area contributed by atoms with Gasteiger partial charge in [-0.05, 0) is 31.9 Å². The highest BCUT2D eigenvalue weighted by molar-refractivity contribution is 7.89. The van der Waals surface area contributed by atoms with E-state index in [0.29, 0.717) is 18.0 Å². The summed E-state index contributed by atoms with van der Waals surface area (Å²) in [6, 6.07) is 3.78. The Hall–Kier alpha value is -0.910.